The lowest BCUT2D eigenvalue weighted by atomic mass is 9.94. The first kappa shape index (κ1) is 12.8. The maximum absolute atomic E-state index is 12.2. The van der Waals surface area contributed by atoms with Crippen molar-refractivity contribution in [1.82, 2.24) is 4.90 Å². The molecule has 0 saturated carbocycles. The van der Waals surface area contributed by atoms with Gasteiger partial charge in [0.1, 0.15) is 0 Å². The summed E-state index contributed by atoms with van der Waals surface area (Å²) in [6.45, 7) is 1.92. The Morgan fingerprint density at radius 2 is 1.78 bits per heavy atom. The highest BCUT2D eigenvalue weighted by Crippen LogP contribution is 2.28. The minimum atomic E-state index is -0.152. The molecule has 0 amide bonds. The maximum Gasteiger partial charge on any atom is 0.154 e. The number of nitrogens with zero attached hydrogens (tertiary/aromatic N) is 1. The molecule has 2 heteroatoms. The Hall–Kier alpha value is -1.67. The zero-order valence-electron chi connectivity index (χ0n) is 11.2. The number of likely N-dealkylation sites (N-methyl/N-ethyl adjacent to an activating group) is 1. The fraction of sp³-hybridized carbons (Fsp3) is 0.312. The normalized spacial score (nSPS) is 12.9. The SMILES string of the molecule is CCC(=O)C(c1cccc2ccccc12)N(C)C. The van der Waals surface area contributed by atoms with Gasteiger partial charge >= 0.3 is 0 Å². The van der Waals surface area contributed by atoms with Gasteiger partial charge in [0.15, 0.2) is 5.78 Å². The van der Waals surface area contributed by atoms with Crippen molar-refractivity contribution in [2.75, 3.05) is 14.1 Å². The fourth-order valence-corrected chi connectivity index (χ4v) is 2.42. The summed E-state index contributed by atoms with van der Waals surface area (Å²) in [5.74, 6) is 0.261. The van der Waals surface area contributed by atoms with Crippen LogP contribution in [0.3, 0.4) is 0 Å². The van der Waals surface area contributed by atoms with Gasteiger partial charge in [-0.25, -0.2) is 0 Å². The molecule has 0 radical (unpaired) electrons. The van der Waals surface area contributed by atoms with E-state index in [0.717, 1.165) is 5.56 Å². The zero-order valence-corrected chi connectivity index (χ0v) is 11.2. The minimum Gasteiger partial charge on any atom is -0.298 e. The third kappa shape index (κ3) is 2.29. The lowest BCUT2D eigenvalue weighted by molar-refractivity contribution is -0.123. The lowest BCUT2D eigenvalue weighted by Crippen LogP contribution is -2.27. The van der Waals surface area contributed by atoms with Crippen LogP contribution in [0.1, 0.15) is 24.9 Å². The second-order valence-corrected chi connectivity index (χ2v) is 4.75. The predicted octanol–water partition coefficient (Wildman–Crippen LogP) is 3.42. The number of rotatable bonds is 4. The maximum atomic E-state index is 12.2. The third-order valence-corrected chi connectivity index (χ3v) is 3.29. The van der Waals surface area contributed by atoms with Gasteiger partial charge in [0.2, 0.25) is 0 Å². The van der Waals surface area contributed by atoms with Crippen LogP contribution in [0.25, 0.3) is 10.8 Å². The monoisotopic (exact) mass is 241 g/mol. The summed E-state index contributed by atoms with van der Waals surface area (Å²) < 4.78 is 0. The molecule has 0 fully saturated rings. The van der Waals surface area contributed by atoms with Gasteiger partial charge in [-0.1, -0.05) is 49.4 Å². The van der Waals surface area contributed by atoms with Gasteiger partial charge < -0.3 is 0 Å². The van der Waals surface area contributed by atoms with E-state index in [-0.39, 0.29) is 11.8 Å². The van der Waals surface area contributed by atoms with E-state index in [9.17, 15) is 4.79 Å². The van der Waals surface area contributed by atoms with E-state index in [1.54, 1.807) is 0 Å². The van der Waals surface area contributed by atoms with Crippen LogP contribution in [0.4, 0.5) is 0 Å². The summed E-state index contributed by atoms with van der Waals surface area (Å²) in [7, 11) is 3.92. The molecule has 0 bridgehead atoms. The number of carbonyl (C=O) groups is 1. The van der Waals surface area contributed by atoms with E-state index >= 15 is 0 Å². The highest BCUT2D eigenvalue weighted by molar-refractivity contribution is 5.93. The van der Waals surface area contributed by atoms with E-state index in [0.29, 0.717) is 6.42 Å². The van der Waals surface area contributed by atoms with Crippen molar-refractivity contribution in [3.05, 3.63) is 48.0 Å². The van der Waals surface area contributed by atoms with Crippen molar-refractivity contribution >= 4 is 16.6 Å². The van der Waals surface area contributed by atoms with Crippen LogP contribution < -0.4 is 0 Å². The molecule has 2 rings (SSSR count). The van der Waals surface area contributed by atoms with Crippen molar-refractivity contribution in [1.29, 1.82) is 0 Å². The number of carbonyl (C=O) groups excluding carboxylic acids is 1. The van der Waals surface area contributed by atoms with Gasteiger partial charge in [-0.05, 0) is 30.4 Å². The Balaban J connectivity index is 2.61. The van der Waals surface area contributed by atoms with Gasteiger partial charge in [0.25, 0.3) is 0 Å². The smallest absolute Gasteiger partial charge is 0.154 e. The first-order valence-corrected chi connectivity index (χ1v) is 6.32. The van der Waals surface area contributed by atoms with Crippen LogP contribution in [-0.2, 0) is 4.79 Å². The summed E-state index contributed by atoms with van der Waals surface area (Å²) in [5, 5.41) is 2.35. The number of Topliss-reactive ketones (excluding diaryl/α,β-unsaturated/α-hetero) is 1. The van der Waals surface area contributed by atoms with Crippen molar-refractivity contribution in [2.24, 2.45) is 0 Å². The molecule has 1 unspecified atom stereocenters. The minimum absolute atomic E-state index is 0.152. The number of hydrogen-bond acceptors (Lipinski definition) is 2. The van der Waals surface area contributed by atoms with Gasteiger partial charge in [-0.3, -0.25) is 9.69 Å². The topological polar surface area (TPSA) is 20.3 Å². The fourth-order valence-electron chi connectivity index (χ4n) is 2.42. The quantitative estimate of drug-likeness (QED) is 0.817. The van der Waals surface area contributed by atoms with Gasteiger partial charge in [0, 0.05) is 6.42 Å². The average molecular weight is 241 g/mol. The summed E-state index contributed by atoms with van der Waals surface area (Å²) >= 11 is 0. The van der Waals surface area contributed by atoms with Crippen molar-refractivity contribution in [3.8, 4) is 0 Å². The van der Waals surface area contributed by atoms with Crippen molar-refractivity contribution in [2.45, 2.75) is 19.4 Å². The Bertz CT molecular complexity index is 555. The largest absolute Gasteiger partial charge is 0.298 e. The van der Waals surface area contributed by atoms with Crippen molar-refractivity contribution in [3.63, 3.8) is 0 Å². The standard InChI is InChI=1S/C16H19NO/c1-4-15(18)16(17(2)3)14-11-7-9-12-8-5-6-10-13(12)14/h5-11,16H,4H2,1-3H3. The molecule has 1 atom stereocenters. The zero-order chi connectivity index (χ0) is 13.1. The average Bonchev–Trinajstić information content (AvgIpc) is 2.38. The first-order chi connectivity index (χ1) is 8.65. The van der Waals surface area contributed by atoms with E-state index in [4.69, 9.17) is 0 Å². The molecule has 0 aliphatic rings. The molecule has 0 spiro atoms. The molecule has 0 heterocycles. The molecule has 2 aromatic rings. The van der Waals surface area contributed by atoms with Crippen LogP contribution in [-0.4, -0.2) is 24.8 Å². The van der Waals surface area contributed by atoms with E-state index in [1.807, 2.05) is 44.1 Å². The Morgan fingerprint density at radius 3 is 2.44 bits per heavy atom. The predicted molar refractivity (Wildman–Crippen MR) is 75.7 cm³/mol. The Kier molecular flexibility index (Phi) is 3.78. The lowest BCUT2D eigenvalue weighted by Gasteiger charge is -2.24. The van der Waals surface area contributed by atoms with Crippen LogP contribution in [0.15, 0.2) is 42.5 Å². The molecule has 18 heavy (non-hydrogen) atoms. The highest BCUT2D eigenvalue weighted by atomic mass is 16.1. The molecular weight excluding hydrogens is 222 g/mol. The van der Waals surface area contributed by atoms with E-state index < -0.39 is 0 Å². The first-order valence-electron chi connectivity index (χ1n) is 6.32. The van der Waals surface area contributed by atoms with Crippen molar-refractivity contribution < 1.29 is 4.79 Å². The highest BCUT2D eigenvalue weighted by Gasteiger charge is 2.22. The second-order valence-electron chi connectivity index (χ2n) is 4.75. The molecule has 0 aromatic heterocycles. The van der Waals surface area contributed by atoms with Crippen LogP contribution in [0, 0.1) is 0 Å². The van der Waals surface area contributed by atoms with Crippen LogP contribution in [0.5, 0.6) is 0 Å². The Labute approximate surface area is 108 Å². The van der Waals surface area contributed by atoms with E-state index in [2.05, 4.69) is 24.3 Å². The number of ketones is 1. The van der Waals surface area contributed by atoms with Gasteiger partial charge in [-0.2, -0.15) is 0 Å². The molecule has 0 N–H and O–H groups in total. The second kappa shape index (κ2) is 5.32. The molecular formula is C16H19NO. The summed E-state index contributed by atoms with van der Waals surface area (Å²) in [4.78, 5) is 14.1. The van der Waals surface area contributed by atoms with E-state index in [1.165, 1.54) is 10.8 Å². The molecule has 2 nitrogen and oxygen atoms in total. The Morgan fingerprint density at radius 1 is 1.11 bits per heavy atom. The number of hydrogen-bond donors (Lipinski definition) is 0. The molecule has 0 saturated heterocycles. The van der Waals surface area contributed by atoms with Crippen LogP contribution in [0.2, 0.25) is 0 Å². The van der Waals surface area contributed by atoms with Crippen LogP contribution >= 0.6 is 0 Å². The number of benzene rings is 2. The summed E-state index contributed by atoms with van der Waals surface area (Å²) in [6, 6.07) is 14.2. The summed E-state index contributed by atoms with van der Waals surface area (Å²) in [6.07, 6.45) is 0.562. The molecule has 0 aliphatic heterocycles. The van der Waals surface area contributed by atoms with Gasteiger partial charge in [0.05, 0.1) is 6.04 Å². The number of fused-ring (bicyclic) bond motifs is 1. The summed E-state index contributed by atoms with van der Waals surface area (Å²) in [5.41, 5.74) is 1.10. The molecule has 2 aromatic carbocycles. The molecule has 0 aliphatic carbocycles. The van der Waals surface area contributed by atoms with Gasteiger partial charge in [-0.15, -0.1) is 0 Å². The molecule has 94 valence electrons. The third-order valence-electron chi connectivity index (χ3n) is 3.29.